The molecule has 2 heteroatoms. The molecule has 0 radical (unpaired) electrons. The summed E-state index contributed by atoms with van der Waals surface area (Å²) in [5.41, 5.74) is 0.432. The zero-order valence-electron chi connectivity index (χ0n) is 14.1. The minimum Gasteiger partial charge on any atom is -0.316 e. The summed E-state index contributed by atoms with van der Waals surface area (Å²) >= 11 is 0. The van der Waals surface area contributed by atoms with Gasteiger partial charge < -0.3 is 5.32 Å². The summed E-state index contributed by atoms with van der Waals surface area (Å²) in [6.45, 7) is 19.0. The fourth-order valence-electron chi connectivity index (χ4n) is 3.59. The number of hydrogen-bond acceptors (Lipinski definition) is 2. The standard InChI is InChI=1S/C17H36N2/c1-7-8-17(6,12-18-10-14(2)3)13-19-11-15(4)9-16(19)5/h14-16,18H,7-13H2,1-6H3. The van der Waals surface area contributed by atoms with Crippen LogP contribution >= 0.6 is 0 Å². The van der Waals surface area contributed by atoms with Crippen molar-refractivity contribution < 1.29 is 0 Å². The van der Waals surface area contributed by atoms with Crippen LogP contribution in [0.3, 0.4) is 0 Å². The van der Waals surface area contributed by atoms with E-state index < -0.39 is 0 Å². The molecule has 1 heterocycles. The van der Waals surface area contributed by atoms with E-state index in [1.165, 1.54) is 32.4 Å². The lowest BCUT2D eigenvalue weighted by molar-refractivity contribution is 0.142. The van der Waals surface area contributed by atoms with Crippen molar-refractivity contribution in [1.82, 2.24) is 10.2 Å². The third kappa shape index (κ3) is 5.83. The van der Waals surface area contributed by atoms with Crippen molar-refractivity contribution in [3.63, 3.8) is 0 Å². The maximum atomic E-state index is 3.68. The largest absolute Gasteiger partial charge is 0.316 e. The Hall–Kier alpha value is -0.0800. The predicted octanol–water partition coefficient (Wildman–Crippen LogP) is 3.77. The molecule has 0 bridgehead atoms. The first-order chi connectivity index (χ1) is 8.86. The van der Waals surface area contributed by atoms with Gasteiger partial charge in [0.1, 0.15) is 0 Å². The van der Waals surface area contributed by atoms with Gasteiger partial charge in [-0.1, -0.05) is 41.0 Å². The van der Waals surface area contributed by atoms with Crippen LogP contribution in [0.1, 0.15) is 60.8 Å². The molecule has 2 nitrogen and oxygen atoms in total. The third-order valence-electron chi connectivity index (χ3n) is 4.46. The van der Waals surface area contributed by atoms with Gasteiger partial charge in [-0.3, -0.25) is 4.90 Å². The first-order valence-corrected chi connectivity index (χ1v) is 8.31. The van der Waals surface area contributed by atoms with Crippen molar-refractivity contribution in [3.05, 3.63) is 0 Å². The van der Waals surface area contributed by atoms with E-state index in [2.05, 4.69) is 51.8 Å². The van der Waals surface area contributed by atoms with Crippen molar-refractivity contribution in [2.75, 3.05) is 26.2 Å². The molecule has 3 unspecified atom stereocenters. The van der Waals surface area contributed by atoms with E-state index in [4.69, 9.17) is 0 Å². The van der Waals surface area contributed by atoms with Crippen LogP contribution in [0.5, 0.6) is 0 Å². The Morgan fingerprint density at radius 3 is 2.47 bits per heavy atom. The molecule has 114 valence electrons. The van der Waals surface area contributed by atoms with Gasteiger partial charge in [0.25, 0.3) is 0 Å². The Balaban J connectivity index is 2.50. The van der Waals surface area contributed by atoms with Gasteiger partial charge in [0.15, 0.2) is 0 Å². The molecule has 0 spiro atoms. The quantitative estimate of drug-likeness (QED) is 0.721. The molecule has 0 aromatic heterocycles. The molecule has 1 aliphatic heterocycles. The number of nitrogens with zero attached hydrogens (tertiary/aromatic N) is 1. The van der Waals surface area contributed by atoms with Crippen LogP contribution in [0.15, 0.2) is 0 Å². The monoisotopic (exact) mass is 268 g/mol. The van der Waals surface area contributed by atoms with Crippen molar-refractivity contribution >= 4 is 0 Å². The highest BCUT2D eigenvalue weighted by Crippen LogP contribution is 2.30. The van der Waals surface area contributed by atoms with Crippen LogP contribution in [0.2, 0.25) is 0 Å². The molecule has 0 amide bonds. The van der Waals surface area contributed by atoms with Crippen LogP contribution < -0.4 is 5.32 Å². The summed E-state index contributed by atoms with van der Waals surface area (Å²) in [4.78, 5) is 2.72. The fraction of sp³-hybridized carbons (Fsp3) is 1.00. The van der Waals surface area contributed by atoms with Gasteiger partial charge in [0.2, 0.25) is 0 Å². The van der Waals surface area contributed by atoms with Gasteiger partial charge in [0.05, 0.1) is 0 Å². The first kappa shape index (κ1) is 17.0. The molecule has 1 N–H and O–H groups in total. The van der Waals surface area contributed by atoms with Crippen molar-refractivity contribution in [2.24, 2.45) is 17.3 Å². The van der Waals surface area contributed by atoms with E-state index in [0.29, 0.717) is 5.41 Å². The van der Waals surface area contributed by atoms with Gasteiger partial charge in [-0.2, -0.15) is 0 Å². The van der Waals surface area contributed by atoms with E-state index in [1.807, 2.05) is 0 Å². The molecule has 0 saturated carbocycles. The number of likely N-dealkylation sites (tertiary alicyclic amines) is 1. The summed E-state index contributed by atoms with van der Waals surface area (Å²) in [6.07, 6.45) is 3.99. The molecule has 1 rings (SSSR count). The molecule has 0 aromatic carbocycles. The molecule has 0 aromatic rings. The Morgan fingerprint density at radius 1 is 1.32 bits per heavy atom. The normalized spacial score (nSPS) is 27.9. The van der Waals surface area contributed by atoms with E-state index in [-0.39, 0.29) is 0 Å². The number of hydrogen-bond donors (Lipinski definition) is 1. The molecule has 19 heavy (non-hydrogen) atoms. The smallest absolute Gasteiger partial charge is 0.00702 e. The maximum absolute atomic E-state index is 3.68. The van der Waals surface area contributed by atoms with Gasteiger partial charge in [-0.25, -0.2) is 0 Å². The van der Waals surface area contributed by atoms with Crippen LogP contribution in [0.4, 0.5) is 0 Å². The Labute approximate surface area is 121 Å². The third-order valence-corrected chi connectivity index (χ3v) is 4.46. The van der Waals surface area contributed by atoms with Crippen molar-refractivity contribution in [1.29, 1.82) is 0 Å². The van der Waals surface area contributed by atoms with Crippen molar-refractivity contribution in [3.8, 4) is 0 Å². The van der Waals surface area contributed by atoms with E-state index in [0.717, 1.165) is 31.0 Å². The van der Waals surface area contributed by atoms with E-state index in [9.17, 15) is 0 Å². The second kappa shape index (κ2) is 7.64. The lowest BCUT2D eigenvalue weighted by Gasteiger charge is -2.36. The van der Waals surface area contributed by atoms with Crippen LogP contribution in [0.25, 0.3) is 0 Å². The zero-order valence-corrected chi connectivity index (χ0v) is 14.1. The minimum absolute atomic E-state index is 0.432. The summed E-state index contributed by atoms with van der Waals surface area (Å²) in [5.74, 6) is 1.63. The minimum atomic E-state index is 0.432. The average Bonchev–Trinajstić information content (AvgIpc) is 2.56. The second-order valence-corrected chi connectivity index (χ2v) is 7.70. The highest BCUT2D eigenvalue weighted by atomic mass is 15.2. The topological polar surface area (TPSA) is 15.3 Å². The zero-order chi connectivity index (χ0) is 14.5. The summed E-state index contributed by atoms with van der Waals surface area (Å²) < 4.78 is 0. The molecule has 1 aliphatic rings. The van der Waals surface area contributed by atoms with E-state index in [1.54, 1.807) is 0 Å². The fourth-order valence-corrected chi connectivity index (χ4v) is 3.59. The molecule has 0 aliphatic carbocycles. The van der Waals surface area contributed by atoms with Crippen LogP contribution in [0, 0.1) is 17.3 Å². The number of rotatable bonds is 8. The Kier molecular flexibility index (Phi) is 6.82. The second-order valence-electron chi connectivity index (χ2n) is 7.70. The molecular weight excluding hydrogens is 232 g/mol. The van der Waals surface area contributed by atoms with Crippen LogP contribution in [-0.2, 0) is 0 Å². The van der Waals surface area contributed by atoms with Gasteiger partial charge in [0, 0.05) is 25.7 Å². The maximum Gasteiger partial charge on any atom is 0.00702 e. The molecular formula is C17H36N2. The lowest BCUT2D eigenvalue weighted by atomic mass is 9.84. The van der Waals surface area contributed by atoms with Gasteiger partial charge >= 0.3 is 0 Å². The SMILES string of the molecule is CCCC(C)(CNCC(C)C)CN1CC(C)CC1C. The molecule has 1 fully saturated rings. The summed E-state index contributed by atoms with van der Waals surface area (Å²) in [5, 5.41) is 3.68. The van der Waals surface area contributed by atoms with Gasteiger partial charge in [-0.05, 0) is 43.6 Å². The predicted molar refractivity (Wildman–Crippen MR) is 85.5 cm³/mol. The molecule has 1 saturated heterocycles. The first-order valence-electron chi connectivity index (χ1n) is 8.31. The number of nitrogens with one attached hydrogen (secondary N) is 1. The summed E-state index contributed by atoms with van der Waals surface area (Å²) in [6, 6.07) is 0.774. The lowest BCUT2D eigenvalue weighted by Crippen LogP contribution is -2.44. The highest BCUT2D eigenvalue weighted by Gasteiger charge is 2.32. The van der Waals surface area contributed by atoms with Gasteiger partial charge in [-0.15, -0.1) is 0 Å². The Bertz CT molecular complexity index is 252. The van der Waals surface area contributed by atoms with E-state index >= 15 is 0 Å². The summed E-state index contributed by atoms with van der Waals surface area (Å²) in [7, 11) is 0. The highest BCUT2D eigenvalue weighted by molar-refractivity contribution is 4.87. The average molecular weight is 268 g/mol. The Morgan fingerprint density at radius 2 is 2.00 bits per heavy atom. The van der Waals surface area contributed by atoms with Crippen molar-refractivity contribution in [2.45, 2.75) is 66.8 Å². The van der Waals surface area contributed by atoms with Crippen LogP contribution in [-0.4, -0.2) is 37.1 Å². The molecule has 3 atom stereocenters.